The van der Waals surface area contributed by atoms with Crippen LogP contribution in [0.3, 0.4) is 0 Å². The highest BCUT2D eigenvalue weighted by Crippen LogP contribution is 2.27. The molecule has 2 aliphatic heterocycles. The Labute approximate surface area is 122 Å². The maximum Gasteiger partial charge on any atom is 0.0594 e. The summed E-state index contributed by atoms with van der Waals surface area (Å²) in [6.45, 7) is 7.44. The van der Waals surface area contributed by atoms with Gasteiger partial charge in [0.15, 0.2) is 0 Å². The van der Waals surface area contributed by atoms with E-state index in [1.165, 1.54) is 37.1 Å². The molecule has 0 aliphatic carbocycles. The van der Waals surface area contributed by atoms with Gasteiger partial charge in [-0.2, -0.15) is 0 Å². The van der Waals surface area contributed by atoms with Crippen LogP contribution in [-0.4, -0.2) is 56.2 Å². The van der Waals surface area contributed by atoms with E-state index in [9.17, 15) is 0 Å². The molecule has 0 atom stereocenters. The van der Waals surface area contributed by atoms with Crippen LogP contribution in [0.15, 0.2) is 24.3 Å². The molecule has 0 saturated carbocycles. The third-order valence-electron chi connectivity index (χ3n) is 4.68. The van der Waals surface area contributed by atoms with Crippen LogP contribution < -0.4 is 0 Å². The monoisotopic (exact) mass is 274 g/mol. The number of nitrogens with zero attached hydrogens (tertiary/aromatic N) is 2. The Kier molecular flexibility index (Phi) is 4.71. The highest BCUT2D eigenvalue weighted by atomic mass is 16.5. The van der Waals surface area contributed by atoms with Crippen LogP contribution >= 0.6 is 0 Å². The normalized spacial score (nSPS) is 23.1. The predicted octanol–water partition coefficient (Wildman–Crippen LogP) is 2.33. The minimum Gasteiger partial charge on any atom is -0.379 e. The number of morpholine rings is 1. The van der Waals surface area contributed by atoms with E-state index >= 15 is 0 Å². The zero-order valence-corrected chi connectivity index (χ0v) is 12.6. The highest BCUT2D eigenvalue weighted by molar-refractivity contribution is 5.26. The summed E-state index contributed by atoms with van der Waals surface area (Å²) in [5.74, 6) is 0.767. The van der Waals surface area contributed by atoms with Crippen LogP contribution in [0, 0.1) is 0 Å². The number of piperidine rings is 1. The topological polar surface area (TPSA) is 15.7 Å². The van der Waals surface area contributed by atoms with E-state index < -0.39 is 0 Å². The average molecular weight is 274 g/mol. The first-order valence-electron chi connectivity index (χ1n) is 7.89. The molecule has 1 aromatic carbocycles. The molecule has 2 heterocycles. The molecule has 2 fully saturated rings. The lowest BCUT2D eigenvalue weighted by atomic mass is 9.89. The first-order valence-corrected chi connectivity index (χ1v) is 7.89. The molecule has 2 saturated heterocycles. The highest BCUT2D eigenvalue weighted by Gasteiger charge is 2.18. The van der Waals surface area contributed by atoms with Gasteiger partial charge in [0.25, 0.3) is 0 Å². The average Bonchev–Trinajstić information content (AvgIpc) is 2.50. The van der Waals surface area contributed by atoms with E-state index in [0.717, 1.165) is 38.8 Å². The zero-order chi connectivity index (χ0) is 13.8. The molecule has 0 unspecified atom stereocenters. The summed E-state index contributed by atoms with van der Waals surface area (Å²) in [5, 5.41) is 0. The van der Waals surface area contributed by atoms with E-state index in [0.29, 0.717) is 0 Å². The van der Waals surface area contributed by atoms with Gasteiger partial charge in [0, 0.05) is 19.6 Å². The van der Waals surface area contributed by atoms with Crippen molar-refractivity contribution in [3.63, 3.8) is 0 Å². The van der Waals surface area contributed by atoms with Gasteiger partial charge in [0.05, 0.1) is 13.2 Å². The summed E-state index contributed by atoms with van der Waals surface area (Å²) in [5.41, 5.74) is 2.97. The van der Waals surface area contributed by atoms with Crippen molar-refractivity contribution in [3.8, 4) is 0 Å². The molecule has 1 aromatic rings. The number of hydrogen-bond donors (Lipinski definition) is 0. The van der Waals surface area contributed by atoms with E-state index in [-0.39, 0.29) is 0 Å². The molecule has 0 amide bonds. The van der Waals surface area contributed by atoms with Gasteiger partial charge in [-0.15, -0.1) is 0 Å². The summed E-state index contributed by atoms with van der Waals surface area (Å²) >= 11 is 0. The number of rotatable bonds is 3. The van der Waals surface area contributed by atoms with Crippen molar-refractivity contribution >= 4 is 0 Å². The third kappa shape index (κ3) is 3.60. The van der Waals surface area contributed by atoms with Gasteiger partial charge in [0.2, 0.25) is 0 Å². The zero-order valence-electron chi connectivity index (χ0n) is 12.6. The van der Waals surface area contributed by atoms with Gasteiger partial charge in [-0.1, -0.05) is 24.3 Å². The molecule has 20 heavy (non-hydrogen) atoms. The second-order valence-electron chi connectivity index (χ2n) is 6.21. The Morgan fingerprint density at radius 2 is 1.65 bits per heavy atom. The smallest absolute Gasteiger partial charge is 0.0594 e. The molecule has 0 spiro atoms. The van der Waals surface area contributed by atoms with Crippen molar-refractivity contribution in [2.75, 3.05) is 46.4 Å². The maximum atomic E-state index is 5.40. The molecular weight excluding hydrogens is 248 g/mol. The third-order valence-corrected chi connectivity index (χ3v) is 4.68. The fraction of sp³-hybridized carbons (Fsp3) is 0.647. The molecule has 110 valence electrons. The van der Waals surface area contributed by atoms with Gasteiger partial charge in [0.1, 0.15) is 0 Å². The van der Waals surface area contributed by atoms with Gasteiger partial charge >= 0.3 is 0 Å². The lowest BCUT2D eigenvalue weighted by Crippen LogP contribution is -2.35. The largest absolute Gasteiger partial charge is 0.379 e. The Bertz CT molecular complexity index is 404. The summed E-state index contributed by atoms with van der Waals surface area (Å²) in [7, 11) is 2.22. The number of hydrogen-bond acceptors (Lipinski definition) is 3. The molecule has 0 radical (unpaired) electrons. The summed E-state index contributed by atoms with van der Waals surface area (Å²) < 4.78 is 5.40. The van der Waals surface area contributed by atoms with Gasteiger partial charge in [-0.3, -0.25) is 4.90 Å². The Morgan fingerprint density at radius 1 is 1.00 bits per heavy atom. The number of likely N-dealkylation sites (tertiary alicyclic amines) is 1. The van der Waals surface area contributed by atoms with Gasteiger partial charge in [-0.25, -0.2) is 0 Å². The van der Waals surface area contributed by atoms with E-state index in [2.05, 4.69) is 41.1 Å². The quantitative estimate of drug-likeness (QED) is 0.841. The predicted molar refractivity (Wildman–Crippen MR) is 82.0 cm³/mol. The Hall–Kier alpha value is -0.900. The first kappa shape index (κ1) is 14.1. The fourth-order valence-corrected chi connectivity index (χ4v) is 3.25. The fourth-order valence-electron chi connectivity index (χ4n) is 3.25. The number of benzene rings is 1. The molecule has 3 nitrogen and oxygen atoms in total. The van der Waals surface area contributed by atoms with Crippen molar-refractivity contribution in [2.45, 2.75) is 25.3 Å². The summed E-state index contributed by atoms with van der Waals surface area (Å²) in [6.07, 6.45) is 2.61. The second-order valence-corrected chi connectivity index (χ2v) is 6.21. The minimum absolute atomic E-state index is 0.767. The molecule has 3 heteroatoms. The van der Waals surface area contributed by atoms with Crippen molar-refractivity contribution in [1.29, 1.82) is 0 Å². The van der Waals surface area contributed by atoms with Crippen molar-refractivity contribution in [2.24, 2.45) is 0 Å². The van der Waals surface area contributed by atoms with Crippen molar-refractivity contribution in [1.82, 2.24) is 9.80 Å². The molecule has 0 bridgehead atoms. The summed E-state index contributed by atoms with van der Waals surface area (Å²) in [4.78, 5) is 4.91. The summed E-state index contributed by atoms with van der Waals surface area (Å²) in [6, 6.07) is 9.35. The standard InChI is InChI=1S/C17H26N2O/c1-18-8-6-17(7-9-18)16-4-2-15(3-5-16)14-19-10-12-20-13-11-19/h2-5,17H,6-14H2,1H3. The molecule has 0 aromatic heterocycles. The SMILES string of the molecule is CN1CCC(c2ccc(CN3CCOCC3)cc2)CC1. The van der Waals surface area contributed by atoms with Crippen LogP contribution in [0.25, 0.3) is 0 Å². The minimum atomic E-state index is 0.767. The van der Waals surface area contributed by atoms with E-state index in [4.69, 9.17) is 4.74 Å². The van der Waals surface area contributed by atoms with Gasteiger partial charge in [-0.05, 0) is 50.0 Å². The van der Waals surface area contributed by atoms with E-state index in [1.807, 2.05) is 0 Å². The Morgan fingerprint density at radius 3 is 2.30 bits per heavy atom. The van der Waals surface area contributed by atoms with Crippen LogP contribution in [0.4, 0.5) is 0 Å². The van der Waals surface area contributed by atoms with Crippen LogP contribution in [0.2, 0.25) is 0 Å². The molecule has 3 rings (SSSR count). The molecule has 2 aliphatic rings. The lowest BCUT2D eigenvalue weighted by Gasteiger charge is -2.29. The maximum absolute atomic E-state index is 5.40. The van der Waals surface area contributed by atoms with Gasteiger partial charge < -0.3 is 9.64 Å². The molecular formula is C17H26N2O. The van der Waals surface area contributed by atoms with Crippen molar-refractivity contribution < 1.29 is 4.74 Å². The Balaban J connectivity index is 1.56. The van der Waals surface area contributed by atoms with Crippen LogP contribution in [-0.2, 0) is 11.3 Å². The second kappa shape index (κ2) is 6.70. The lowest BCUT2D eigenvalue weighted by molar-refractivity contribution is 0.0342. The van der Waals surface area contributed by atoms with Crippen LogP contribution in [0.5, 0.6) is 0 Å². The first-order chi connectivity index (χ1) is 9.81. The number of ether oxygens (including phenoxy) is 1. The van der Waals surface area contributed by atoms with Crippen LogP contribution in [0.1, 0.15) is 29.9 Å². The van der Waals surface area contributed by atoms with E-state index in [1.54, 1.807) is 0 Å². The molecule has 0 N–H and O–H groups in total. The van der Waals surface area contributed by atoms with Crippen molar-refractivity contribution in [3.05, 3.63) is 35.4 Å².